The molecule has 1 aliphatic heterocycles. The first-order valence-corrected chi connectivity index (χ1v) is 12.3. The van der Waals surface area contributed by atoms with E-state index in [9.17, 15) is 4.79 Å². The number of methoxy groups -OCH3 is 1. The van der Waals surface area contributed by atoms with E-state index < -0.39 is 0 Å². The maximum Gasteiger partial charge on any atom is 0.237 e. The second kappa shape index (κ2) is 10.5. The topological polar surface area (TPSA) is 62.4 Å². The molecule has 3 N–H and O–H groups in total. The lowest BCUT2D eigenvalue weighted by atomic mass is 9.88. The highest BCUT2D eigenvalue weighted by Gasteiger charge is 2.30. The Morgan fingerprint density at radius 1 is 1.09 bits per heavy atom. The van der Waals surface area contributed by atoms with E-state index in [-0.39, 0.29) is 18.0 Å². The molecule has 2 unspecified atom stereocenters. The number of halogens is 1. The van der Waals surface area contributed by atoms with Crippen molar-refractivity contribution in [1.29, 1.82) is 0 Å². The van der Waals surface area contributed by atoms with E-state index in [1.165, 1.54) is 24.8 Å². The minimum Gasteiger partial charge on any atom is -0.497 e. The third kappa shape index (κ3) is 5.36. The van der Waals surface area contributed by atoms with Gasteiger partial charge in [0.2, 0.25) is 5.91 Å². The first-order chi connectivity index (χ1) is 15.6. The number of amides is 1. The van der Waals surface area contributed by atoms with Gasteiger partial charge in [-0.15, -0.1) is 0 Å². The summed E-state index contributed by atoms with van der Waals surface area (Å²) in [7, 11) is 3.60. The van der Waals surface area contributed by atoms with E-state index in [4.69, 9.17) is 4.74 Å². The fourth-order valence-electron chi connectivity index (χ4n) is 4.73. The Morgan fingerprint density at radius 2 is 1.84 bits per heavy atom. The minimum absolute atomic E-state index is 0.0598. The molecule has 32 heavy (non-hydrogen) atoms. The smallest absolute Gasteiger partial charge is 0.237 e. The van der Waals surface area contributed by atoms with Crippen molar-refractivity contribution >= 4 is 33.1 Å². The van der Waals surface area contributed by atoms with Crippen LogP contribution in [0.25, 0.3) is 5.57 Å². The van der Waals surface area contributed by atoms with Gasteiger partial charge in [0.1, 0.15) is 5.75 Å². The zero-order valence-corrected chi connectivity index (χ0v) is 20.4. The molecule has 1 aliphatic carbocycles. The molecule has 1 amide bonds. The Balaban J connectivity index is 1.64. The number of anilines is 1. The van der Waals surface area contributed by atoms with Gasteiger partial charge in [0.15, 0.2) is 0 Å². The molecule has 1 heterocycles. The van der Waals surface area contributed by atoms with Gasteiger partial charge >= 0.3 is 0 Å². The number of carbonyl (C=O) groups is 1. The van der Waals surface area contributed by atoms with Crippen molar-refractivity contribution in [3.05, 3.63) is 64.1 Å². The summed E-state index contributed by atoms with van der Waals surface area (Å²) < 4.78 is 6.34. The minimum atomic E-state index is -0.285. The van der Waals surface area contributed by atoms with Gasteiger partial charge in [0.05, 0.1) is 19.2 Å². The van der Waals surface area contributed by atoms with Crippen LogP contribution in [0.15, 0.2) is 53.0 Å². The predicted molar refractivity (Wildman–Crippen MR) is 134 cm³/mol. The number of nitrogens with one attached hydrogen (secondary N) is 3. The molecule has 0 radical (unpaired) electrons. The summed E-state index contributed by atoms with van der Waals surface area (Å²) in [5, 5.41) is 10.2. The molecular weight excluding hydrogens is 466 g/mol. The van der Waals surface area contributed by atoms with Gasteiger partial charge in [-0.3, -0.25) is 10.1 Å². The molecule has 0 saturated heterocycles. The first kappa shape index (κ1) is 22.9. The quantitative estimate of drug-likeness (QED) is 0.497. The van der Waals surface area contributed by atoms with Gasteiger partial charge in [0, 0.05) is 28.8 Å². The van der Waals surface area contributed by atoms with Crippen molar-refractivity contribution in [2.24, 2.45) is 0 Å². The number of hydrogen-bond donors (Lipinski definition) is 3. The van der Waals surface area contributed by atoms with Crippen LogP contribution in [0.3, 0.4) is 0 Å². The van der Waals surface area contributed by atoms with Crippen LogP contribution < -0.4 is 20.7 Å². The van der Waals surface area contributed by atoms with Crippen LogP contribution in [0.1, 0.15) is 55.7 Å². The molecular formula is C26H32BrN3O2. The zero-order chi connectivity index (χ0) is 22.5. The second-order valence-corrected chi connectivity index (χ2v) is 9.57. The summed E-state index contributed by atoms with van der Waals surface area (Å²) in [6, 6.07) is 14.2. The van der Waals surface area contributed by atoms with Crippen molar-refractivity contribution in [3.63, 3.8) is 0 Å². The van der Waals surface area contributed by atoms with Gasteiger partial charge in [0.25, 0.3) is 0 Å². The van der Waals surface area contributed by atoms with Gasteiger partial charge < -0.3 is 15.4 Å². The van der Waals surface area contributed by atoms with Crippen molar-refractivity contribution < 1.29 is 9.53 Å². The van der Waals surface area contributed by atoms with Crippen molar-refractivity contribution in [2.45, 2.75) is 56.7 Å². The normalized spacial score (nSPS) is 21.5. The van der Waals surface area contributed by atoms with E-state index >= 15 is 0 Å². The summed E-state index contributed by atoms with van der Waals surface area (Å²) in [6.07, 6.45) is 8.73. The largest absolute Gasteiger partial charge is 0.497 e. The first-order valence-electron chi connectivity index (χ1n) is 11.5. The Bertz CT molecular complexity index is 968. The van der Waals surface area contributed by atoms with Gasteiger partial charge in [-0.2, -0.15) is 0 Å². The SMILES string of the molecule is CNc1ccc(Br)cc1C1=CC(c2ccc(OC)cc2)NC(C(=O)NC2CCCCC2)C1. The molecule has 0 aromatic heterocycles. The van der Waals surface area contributed by atoms with Crippen molar-refractivity contribution in [1.82, 2.24) is 10.6 Å². The molecule has 0 bridgehead atoms. The van der Waals surface area contributed by atoms with E-state index in [1.54, 1.807) is 7.11 Å². The van der Waals surface area contributed by atoms with Gasteiger partial charge in [-0.05, 0) is 60.7 Å². The molecule has 5 nitrogen and oxygen atoms in total. The summed E-state index contributed by atoms with van der Waals surface area (Å²) in [6.45, 7) is 0. The van der Waals surface area contributed by atoms with Crippen LogP contribution in [0.2, 0.25) is 0 Å². The maximum atomic E-state index is 13.3. The van der Waals surface area contributed by atoms with Crippen LogP contribution in [0.5, 0.6) is 5.75 Å². The van der Waals surface area contributed by atoms with E-state index in [1.807, 2.05) is 25.2 Å². The van der Waals surface area contributed by atoms with E-state index in [0.717, 1.165) is 39.9 Å². The Hall–Kier alpha value is -2.31. The highest BCUT2D eigenvalue weighted by molar-refractivity contribution is 9.10. The average molecular weight is 498 g/mol. The lowest BCUT2D eigenvalue weighted by Crippen LogP contribution is -2.50. The number of benzene rings is 2. The summed E-state index contributed by atoms with van der Waals surface area (Å²) >= 11 is 3.61. The van der Waals surface area contributed by atoms with E-state index in [2.05, 4.69) is 62.2 Å². The van der Waals surface area contributed by atoms with Crippen LogP contribution in [0, 0.1) is 0 Å². The van der Waals surface area contributed by atoms with Gasteiger partial charge in [-0.25, -0.2) is 0 Å². The molecule has 2 atom stereocenters. The third-order valence-corrected chi connectivity index (χ3v) is 7.01. The Morgan fingerprint density at radius 3 is 2.53 bits per heavy atom. The predicted octanol–water partition coefficient (Wildman–Crippen LogP) is 5.43. The second-order valence-electron chi connectivity index (χ2n) is 8.65. The molecule has 0 spiro atoms. The fraction of sp³-hybridized carbons (Fsp3) is 0.423. The summed E-state index contributed by atoms with van der Waals surface area (Å²) in [5.74, 6) is 0.923. The highest BCUT2D eigenvalue weighted by atomic mass is 79.9. The lowest BCUT2D eigenvalue weighted by Gasteiger charge is -2.32. The molecule has 2 aromatic rings. The lowest BCUT2D eigenvalue weighted by molar-refractivity contribution is -0.124. The number of carbonyl (C=O) groups excluding carboxylic acids is 1. The third-order valence-electron chi connectivity index (χ3n) is 6.51. The number of rotatable bonds is 6. The standard InChI is InChI=1S/C26H32BrN3O2/c1-28-23-13-10-19(27)16-22(23)18-14-24(17-8-11-21(32-2)12-9-17)30-25(15-18)26(31)29-20-6-4-3-5-7-20/h8-14,16,20,24-25,28,30H,3-7,15H2,1-2H3,(H,29,31). The number of hydrogen-bond acceptors (Lipinski definition) is 4. The highest BCUT2D eigenvalue weighted by Crippen LogP contribution is 2.36. The molecule has 4 rings (SSSR count). The van der Waals surface area contributed by atoms with Crippen molar-refractivity contribution in [2.75, 3.05) is 19.5 Å². The summed E-state index contributed by atoms with van der Waals surface area (Å²) in [5.41, 5.74) is 4.46. The molecule has 1 saturated carbocycles. The average Bonchev–Trinajstić information content (AvgIpc) is 2.84. The van der Waals surface area contributed by atoms with Crippen LogP contribution in [-0.2, 0) is 4.79 Å². The van der Waals surface area contributed by atoms with Gasteiger partial charge in [-0.1, -0.05) is 53.4 Å². The molecule has 2 aromatic carbocycles. The molecule has 1 fully saturated rings. The Kier molecular flexibility index (Phi) is 7.53. The van der Waals surface area contributed by atoms with Crippen LogP contribution >= 0.6 is 15.9 Å². The monoisotopic (exact) mass is 497 g/mol. The molecule has 2 aliphatic rings. The summed E-state index contributed by atoms with van der Waals surface area (Å²) in [4.78, 5) is 13.3. The molecule has 6 heteroatoms. The van der Waals surface area contributed by atoms with Crippen LogP contribution in [0.4, 0.5) is 5.69 Å². The zero-order valence-electron chi connectivity index (χ0n) is 18.8. The fourth-order valence-corrected chi connectivity index (χ4v) is 5.09. The van der Waals surface area contributed by atoms with Crippen molar-refractivity contribution in [3.8, 4) is 5.75 Å². The maximum absolute atomic E-state index is 13.3. The number of ether oxygens (including phenoxy) is 1. The van der Waals surface area contributed by atoms with Crippen LogP contribution in [-0.4, -0.2) is 32.1 Å². The van der Waals surface area contributed by atoms with E-state index in [0.29, 0.717) is 12.5 Å². The Labute approximate surface area is 199 Å². The molecule has 170 valence electrons.